The number of halogens is 1. The molecule has 1 aromatic heterocycles. The quantitative estimate of drug-likeness (QED) is 0.870. The molecule has 1 fully saturated rings. The lowest BCUT2D eigenvalue weighted by Crippen LogP contribution is -2.39. The third-order valence-corrected chi connectivity index (χ3v) is 4.44. The molecule has 2 aromatic rings. The SMILES string of the molecule is Cc1noc(C)c1CN(C)[C@@H]1CCN(c2ccccc2F)C1=O. The van der Waals surface area contributed by atoms with E-state index in [4.69, 9.17) is 4.52 Å². The van der Waals surface area contributed by atoms with Gasteiger partial charge in [0.1, 0.15) is 11.6 Å². The summed E-state index contributed by atoms with van der Waals surface area (Å²) in [6.45, 7) is 4.87. The van der Waals surface area contributed by atoms with Gasteiger partial charge in [0.25, 0.3) is 0 Å². The molecule has 23 heavy (non-hydrogen) atoms. The number of amides is 1. The maximum atomic E-state index is 13.9. The molecule has 1 aromatic carbocycles. The maximum absolute atomic E-state index is 13.9. The Kier molecular flexibility index (Phi) is 4.17. The van der Waals surface area contributed by atoms with Crippen LogP contribution in [0.5, 0.6) is 0 Å². The summed E-state index contributed by atoms with van der Waals surface area (Å²) in [7, 11) is 1.90. The topological polar surface area (TPSA) is 49.6 Å². The smallest absolute Gasteiger partial charge is 0.244 e. The number of likely N-dealkylation sites (N-methyl/N-ethyl adjacent to an activating group) is 1. The molecule has 1 amide bonds. The summed E-state index contributed by atoms with van der Waals surface area (Å²) in [6.07, 6.45) is 0.674. The Morgan fingerprint density at radius 1 is 1.39 bits per heavy atom. The lowest BCUT2D eigenvalue weighted by molar-refractivity contribution is -0.121. The van der Waals surface area contributed by atoms with Gasteiger partial charge in [-0.2, -0.15) is 0 Å². The Labute approximate surface area is 134 Å². The summed E-state index contributed by atoms with van der Waals surface area (Å²) in [5, 5.41) is 3.94. The monoisotopic (exact) mass is 317 g/mol. The van der Waals surface area contributed by atoms with Crippen LogP contribution >= 0.6 is 0 Å². The lowest BCUT2D eigenvalue weighted by Gasteiger charge is -2.23. The number of para-hydroxylation sites is 1. The van der Waals surface area contributed by atoms with E-state index in [0.717, 1.165) is 17.0 Å². The molecule has 3 rings (SSSR count). The van der Waals surface area contributed by atoms with Gasteiger partial charge >= 0.3 is 0 Å². The Morgan fingerprint density at radius 3 is 2.78 bits per heavy atom. The third kappa shape index (κ3) is 2.86. The first-order valence-electron chi connectivity index (χ1n) is 7.67. The number of aryl methyl sites for hydroxylation is 2. The highest BCUT2D eigenvalue weighted by Crippen LogP contribution is 2.27. The van der Waals surface area contributed by atoms with Crippen molar-refractivity contribution in [1.29, 1.82) is 0 Å². The molecule has 1 saturated heterocycles. The van der Waals surface area contributed by atoms with Gasteiger partial charge in [0.15, 0.2) is 0 Å². The highest BCUT2D eigenvalue weighted by atomic mass is 19.1. The van der Waals surface area contributed by atoms with Crippen molar-refractivity contribution in [2.45, 2.75) is 32.9 Å². The molecule has 2 heterocycles. The normalized spacial score (nSPS) is 18.2. The van der Waals surface area contributed by atoms with E-state index in [-0.39, 0.29) is 17.8 Å². The van der Waals surface area contributed by atoms with Gasteiger partial charge in [0.2, 0.25) is 5.91 Å². The molecule has 0 unspecified atom stereocenters. The van der Waals surface area contributed by atoms with Crippen molar-refractivity contribution in [2.75, 3.05) is 18.5 Å². The number of benzene rings is 1. The number of nitrogens with zero attached hydrogens (tertiary/aromatic N) is 3. The fourth-order valence-corrected chi connectivity index (χ4v) is 3.07. The number of carbonyl (C=O) groups is 1. The predicted octanol–water partition coefficient (Wildman–Crippen LogP) is 2.67. The van der Waals surface area contributed by atoms with Crippen molar-refractivity contribution in [2.24, 2.45) is 0 Å². The molecule has 0 aliphatic carbocycles. The van der Waals surface area contributed by atoms with Crippen molar-refractivity contribution in [3.8, 4) is 0 Å². The molecule has 1 atom stereocenters. The molecule has 1 aliphatic rings. The third-order valence-electron chi connectivity index (χ3n) is 4.44. The number of anilines is 1. The largest absolute Gasteiger partial charge is 0.361 e. The van der Waals surface area contributed by atoms with E-state index in [1.807, 2.05) is 25.8 Å². The van der Waals surface area contributed by atoms with Crippen LogP contribution in [0.4, 0.5) is 10.1 Å². The Bertz CT molecular complexity index is 709. The molecule has 0 saturated carbocycles. The zero-order valence-corrected chi connectivity index (χ0v) is 13.5. The van der Waals surface area contributed by atoms with Crippen LogP contribution in [-0.4, -0.2) is 35.6 Å². The second kappa shape index (κ2) is 6.12. The molecule has 5 nitrogen and oxygen atoms in total. The van der Waals surface area contributed by atoms with Gasteiger partial charge in [-0.3, -0.25) is 9.69 Å². The van der Waals surface area contributed by atoms with Crippen LogP contribution in [0.1, 0.15) is 23.4 Å². The van der Waals surface area contributed by atoms with E-state index >= 15 is 0 Å². The van der Waals surface area contributed by atoms with Gasteiger partial charge in [0, 0.05) is 18.7 Å². The number of aromatic nitrogens is 1. The van der Waals surface area contributed by atoms with Crippen molar-refractivity contribution in [1.82, 2.24) is 10.1 Å². The first-order valence-corrected chi connectivity index (χ1v) is 7.67. The molecular weight excluding hydrogens is 297 g/mol. The molecule has 122 valence electrons. The van der Waals surface area contributed by atoms with Crippen molar-refractivity contribution in [3.05, 3.63) is 47.1 Å². The average Bonchev–Trinajstić information content (AvgIpc) is 3.05. The number of rotatable bonds is 4. The van der Waals surface area contributed by atoms with E-state index in [2.05, 4.69) is 5.16 Å². The highest BCUT2D eigenvalue weighted by Gasteiger charge is 2.36. The zero-order chi connectivity index (χ0) is 16.6. The minimum Gasteiger partial charge on any atom is -0.361 e. The van der Waals surface area contributed by atoms with Gasteiger partial charge in [-0.25, -0.2) is 4.39 Å². The number of hydrogen-bond acceptors (Lipinski definition) is 4. The molecular formula is C17H20FN3O2. The lowest BCUT2D eigenvalue weighted by atomic mass is 10.1. The van der Waals surface area contributed by atoms with Crippen molar-refractivity contribution < 1.29 is 13.7 Å². The first kappa shape index (κ1) is 15.7. The molecule has 0 N–H and O–H groups in total. The number of hydrogen-bond donors (Lipinski definition) is 0. The van der Waals surface area contributed by atoms with Crippen molar-refractivity contribution >= 4 is 11.6 Å². The Morgan fingerprint density at radius 2 is 2.13 bits per heavy atom. The molecule has 0 radical (unpaired) electrons. The summed E-state index contributed by atoms with van der Waals surface area (Å²) in [6, 6.07) is 6.13. The minimum atomic E-state index is -0.366. The minimum absolute atomic E-state index is 0.0654. The van der Waals surface area contributed by atoms with Gasteiger partial charge in [-0.15, -0.1) is 0 Å². The number of carbonyl (C=O) groups excluding carboxylic acids is 1. The Hall–Kier alpha value is -2.21. The average molecular weight is 317 g/mol. The second-order valence-corrected chi connectivity index (χ2v) is 5.96. The van der Waals surface area contributed by atoms with Gasteiger partial charge in [-0.1, -0.05) is 17.3 Å². The summed E-state index contributed by atoms with van der Waals surface area (Å²) < 4.78 is 19.1. The fraction of sp³-hybridized carbons (Fsp3) is 0.412. The highest BCUT2D eigenvalue weighted by molar-refractivity contribution is 5.99. The molecule has 6 heteroatoms. The predicted molar refractivity (Wildman–Crippen MR) is 84.6 cm³/mol. The van der Waals surface area contributed by atoms with Gasteiger partial charge in [-0.05, 0) is 39.4 Å². The maximum Gasteiger partial charge on any atom is 0.244 e. The van der Waals surface area contributed by atoms with Crippen LogP contribution in [-0.2, 0) is 11.3 Å². The van der Waals surface area contributed by atoms with E-state index in [1.165, 1.54) is 11.0 Å². The first-order chi connectivity index (χ1) is 11.0. The summed E-state index contributed by atoms with van der Waals surface area (Å²) >= 11 is 0. The van der Waals surface area contributed by atoms with Crippen LogP contribution in [0.25, 0.3) is 0 Å². The Balaban J connectivity index is 1.75. The van der Waals surface area contributed by atoms with Gasteiger partial charge < -0.3 is 9.42 Å². The van der Waals surface area contributed by atoms with Crippen LogP contribution < -0.4 is 4.90 Å². The van der Waals surface area contributed by atoms with Crippen molar-refractivity contribution in [3.63, 3.8) is 0 Å². The molecule has 1 aliphatic heterocycles. The summed E-state index contributed by atoms with van der Waals surface area (Å²) in [4.78, 5) is 16.2. The van der Waals surface area contributed by atoms with E-state index in [1.54, 1.807) is 18.2 Å². The summed E-state index contributed by atoms with van der Waals surface area (Å²) in [5.74, 6) is 0.338. The molecule has 0 spiro atoms. The van der Waals surface area contributed by atoms with Crippen LogP contribution in [0.15, 0.2) is 28.8 Å². The summed E-state index contributed by atoms with van der Waals surface area (Å²) in [5.41, 5.74) is 2.20. The van der Waals surface area contributed by atoms with E-state index in [9.17, 15) is 9.18 Å². The van der Waals surface area contributed by atoms with Crippen LogP contribution in [0, 0.1) is 19.7 Å². The fourth-order valence-electron chi connectivity index (χ4n) is 3.07. The van der Waals surface area contributed by atoms with Crippen LogP contribution in [0.3, 0.4) is 0 Å². The second-order valence-electron chi connectivity index (χ2n) is 5.96. The standard InChI is InChI=1S/C17H20FN3O2/c1-11-13(12(2)23-19-11)10-20(3)16-8-9-21(17(16)22)15-7-5-4-6-14(15)18/h4-7,16H,8-10H2,1-3H3/t16-/m1/s1. The van der Waals surface area contributed by atoms with E-state index < -0.39 is 0 Å². The van der Waals surface area contributed by atoms with E-state index in [0.29, 0.717) is 25.2 Å². The zero-order valence-electron chi connectivity index (χ0n) is 13.5. The van der Waals surface area contributed by atoms with Crippen LogP contribution in [0.2, 0.25) is 0 Å². The molecule has 0 bridgehead atoms. The van der Waals surface area contributed by atoms with Gasteiger partial charge in [0.05, 0.1) is 17.4 Å².